The molecule has 0 unspecified atom stereocenters. The molecule has 3 aromatic rings. The van der Waals surface area contributed by atoms with Crippen molar-refractivity contribution in [3.63, 3.8) is 0 Å². The standard InChI is InChI=1S/C16H19N5/c1-3-8-17-10-13-11-18-12(2)9-16(13)21-15-7-5-4-6-14(15)19-20-21/h4-7,9,11,17H,3,8,10H2,1-2H3. The van der Waals surface area contributed by atoms with Crippen molar-refractivity contribution in [2.45, 2.75) is 26.8 Å². The van der Waals surface area contributed by atoms with Crippen molar-refractivity contribution in [2.75, 3.05) is 6.54 Å². The van der Waals surface area contributed by atoms with Crippen LogP contribution in [0.15, 0.2) is 36.5 Å². The van der Waals surface area contributed by atoms with Crippen LogP contribution in [0.4, 0.5) is 0 Å². The molecule has 0 amide bonds. The average Bonchev–Trinajstić information content (AvgIpc) is 2.93. The molecule has 108 valence electrons. The maximum absolute atomic E-state index is 4.41. The van der Waals surface area contributed by atoms with Crippen LogP contribution in [0, 0.1) is 6.92 Å². The number of para-hydroxylation sites is 1. The molecule has 5 heteroatoms. The van der Waals surface area contributed by atoms with Gasteiger partial charge in [0.2, 0.25) is 0 Å². The molecule has 0 radical (unpaired) electrons. The quantitative estimate of drug-likeness (QED) is 0.730. The fourth-order valence-electron chi connectivity index (χ4n) is 2.35. The van der Waals surface area contributed by atoms with E-state index in [-0.39, 0.29) is 0 Å². The number of rotatable bonds is 5. The SMILES string of the molecule is CCCNCc1cnc(C)cc1-n1nnc2ccccc21. The number of nitrogens with one attached hydrogen (secondary N) is 1. The van der Waals surface area contributed by atoms with Crippen molar-refractivity contribution < 1.29 is 0 Å². The van der Waals surface area contributed by atoms with Crippen LogP contribution < -0.4 is 5.32 Å². The molecule has 1 aromatic carbocycles. The summed E-state index contributed by atoms with van der Waals surface area (Å²) in [6, 6.07) is 10.1. The second kappa shape index (κ2) is 6.01. The summed E-state index contributed by atoms with van der Waals surface area (Å²) in [4.78, 5) is 4.41. The summed E-state index contributed by atoms with van der Waals surface area (Å²) in [5, 5.41) is 12.0. The molecule has 21 heavy (non-hydrogen) atoms. The van der Waals surface area contributed by atoms with E-state index in [9.17, 15) is 0 Å². The Labute approximate surface area is 124 Å². The maximum atomic E-state index is 4.41. The Bertz CT molecular complexity index is 747. The molecule has 0 aliphatic carbocycles. The summed E-state index contributed by atoms with van der Waals surface area (Å²) < 4.78 is 1.90. The van der Waals surface area contributed by atoms with Gasteiger partial charge in [-0.05, 0) is 38.1 Å². The van der Waals surface area contributed by atoms with Gasteiger partial charge in [-0.25, -0.2) is 4.68 Å². The number of hydrogen-bond acceptors (Lipinski definition) is 4. The van der Waals surface area contributed by atoms with Crippen LogP contribution in [0.5, 0.6) is 0 Å². The fraction of sp³-hybridized carbons (Fsp3) is 0.312. The Morgan fingerprint density at radius 2 is 2.10 bits per heavy atom. The Hall–Kier alpha value is -2.27. The van der Waals surface area contributed by atoms with E-state index in [0.717, 1.165) is 47.5 Å². The lowest BCUT2D eigenvalue weighted by atomic mass is 10.2. The van der Waals surface area contributed by atoms with Gasteiger partial charge >= 0.3 is 0 Å². The molecular weight excluding hydrogens is 262 g/mol. The number of aromatic nitrogens is 4. The van der Waals surface area contributed by atoms with E-state index >= 15 is 0 Å². The van der Waals surface area contributed by atoms with E-state index in [4.69, 9.17) is 0 Å². The molecular formula is C16H19N5. The van der Waals surface area contributed by atoms with Gasteiger partial charge in [-0.15, -0.1) is 5.10 Å². The van der Waals surface area contributed by atoms with Gasteiger partial charge in [0.05, 0.1) is 11.2 Å². The van der Waals surface area contributed by atoms with Gasteiger partial charge < -0.3 is 5.32 Å². The topological polar surface area (TPSA) is 55.6 Å². The van der Waals surface area contributed by atoms with Crippen molar-refractivity contribution in [3.05, 3.63) is 47.8 Å². The first-order chi connectivity index (χ1) is 10.3. The highest BCUT2D eigenvalue weighted by atomic mass is 15.4. The number of aryl methyl sites for hydroxylation is 1. The van der Waals surface area contributed by atoms with Gasteiger partial charge in [0, 0.05) is 24.0 Å². The average molecular weight is 281 g/mol. The molecule has 0 saturated carbocycles. The van der Waals surface area contributed by atoms with Crippen molar-refractivity contribution >= 4 is 11.0 Å². The third kappa shape index (κ3) is 2.78. The summed E-state index contributed by atoms with van der Waals surface area (Å²) in [5.74, 6) is 0. The highest BCUT2D eigenvalue weighted by Gasteiger charge is 2.11. The highest BCUT2D eigenvalue weighted by molar-refractivity contribution is 5.76. The van der Waals surface area contributed by atoms with Crippen LogP contribution in [-0.4, -0.2) is 26.5 Å². The lowest BCUT2D eigenvalue weighted by Crippen LogP contribution is -2.16. The number of pyridine rings is 1. The zero-order valence-corrected chi connectivity index (χ0v) is 12.4. The van der Waals surface area contributed by atoms with E-state index in [1.165, 1.54) is 0 Å². The minimum atomic E-state index is 0.782. The van der Waals surface area contributed by atoms with E-state index in [2.05, 4.69) is 33.6 Å². The Balaban J connectivity index is 2.05. The molecule has 0 aliphatic heterocycles. The van der Waals surface area contributed by atoms with Gasteiger partial charge in [-0.1, -0.05) is 24.3 Å². The Kier molecular flexibility index (Phi) is 3.92. The van der Waals surface area contributed by atoms with Crippen molar-refractivity contribution in [1.29, 1.82) is 0 Å². The van der Waals surface area contributed by atoms with Crippen LogP contribution >= 0.6 is 0 Å². The van der Waals surface area contributed by atoms with E-state index in [0.29, 0.717) is 0 Å². The van der Waals surface area contributed by atoms with Crippen LogP contribution in [0.3, 0.4) is 0 Å². The summed E-state index contributed by atoms with van der Waals surface area (Å²) in [6.07, 6.45) is 3.03. The smallest absolute Gasteiger partial charge is 0.113 e. The summed E-state index contributed by atoms with van der Waals surface area (Å²) in [7, 11) is 0. The van der Waals surface area contributed by atoms with Crippen LogP contribution in [-0.2, 0) is 6.54 Å². The van der Waals surface area contributed by atoms with Gasteiger partial charge in [0.15, 0.2) is 0 Å². The lowest BCUT2D eigenvalue weighted by molar-refractivity contribution is 0.667. The predicted molar refractivity (Wildman–Crippen MR) is 83.4 cm³/mol. The Morgan fingerprint density at radius 3 is 2.95 bits per heavy atom. The molecule has 0 bridgehead atoms. The van der Waals surface area contributed by atoms with Gasteiger partial charge in [-0.3, -0.25) is 4.98 Å². The summed E-state index contributed by atoms with van der Waals surface area (Å²) >= 11 is 0. The Morgan fingerprint density at radius 1 is 1.24 bits per heavy atom. The first-order valence-electron chi connectivity index (χ1n) is 7.26. The normalized spacial score (nSPS) is 11.1. The number of benzene rings is 1. The number of hydrogen-bond donors (Lipinski definition) is 1. The van der Waals surface area contributed by atoms with E-state index in [1.54, 1.807) is 0 Å². The first kappa shape index (κ1) is 13.7. The molecule has 0 aliphatic rings. The van der Waals surface area contributed by atoms with Crippen molar-refractivity contribution in [1.82, 2.24) is 25.3 Å². The first-order valence-corrected chi connectivity index (χ1v) is 7.26. The molecule has 0 saturated heterocycles. The van der Waals surface area contributed by atoms with Crippen LogP contribution in [0.1, 0.15) is 24.6 Å². The van der Waals surface area contributed by atoms with Crippen LogP contribution in [0.25, 0.3) is 16.7 Å². The van der Waals surface area contributed by atoms with Crippen LogP contribution in [0.2, 0.25) is 0 Å². The third-order valence-electron chi connectivity index (χ3n) is 3.42. The second-order valence-electron chi connectivity index (χ2n) is 5.12. The molecule has 5 nitrogen and oxygen atoms in total. The summed E-state index contributed by atoms with van der Waals surface area (Å²) in [6.45, 7) is 5.92. The predicted octanol–water partition coefficient (Wildman–Crippen LogP) is 2.62. The van der Waals surface area contributed by atoms with Crippen molar-refractivity contribution in [3.8, 4) is 5.69 Å². The van der Waals surface area contributed by atoms with Gasteiger partial charge in [-0.2, -0.15) is 0 Å². The fourth-order valence-corrected chi connectivity index (χ4v) is 2.35. The third-order valence-corrected chi connectivity index (χ3v) is 3.42. The number of nitrogens with zero attached hydrogens (tertiary/aromatic N) is 4. The lowest BCUT2D eigenvalue weighted by Gasteiger charge is -2.11. The molecule has 0 atom stereocenters. The minimum Gasteiger partial charge on any atom is -0.313 e. The molecule has 3 rings (SSSR count). The van der Waals surface area contributed by atoms with Crippen molar-refractivity contribution in [2.24, 2.45) is 0 Å². The van der Waals surface area contributed by atoms with Gasteiger partial charge in [0.25, 0.3) is 0 Å². The number of fused-ring (bicyclic) bond motifs is 1. The zero-order valence-electron chi connectivity index (χ0n) is 12.4. The van der Waals surface area contributed by atoms with E-state index in [1.807, 2.05) is 42.1 Å². The highest BCUT2D eigenvalue weighted by Crippen LogP contribution is 2.19. The monoisotopic (exact) mass is 281 g/mol. The zero-order chi connectivity index (χ0) is 14.7. The maximum Gasteiger partial charge on any atom is 0.113 e. The molecule has 0 fully saturated rings. The molecule has 2 aromatic heterocycles. The molecule has 2 heterocycles. The van der Waals surface area contributed by atoms with E-state index < -0.39 is 0 Å². The largest absolute Gasteiger partial charge is 0.313 e. The summed E-state index contributed by atoms with van der Waals surface area (Å²) in [5.41, 5.74) is 5.06. The van der Waals surface area contributed by atoms with Gasteiger partial charge in [0.1, 0.15) is 5.52 Å². The molecule has 1 N–H and O–H groups in total. The molecule has 0 spiro atoms. The second-order valence-corrected chi connectivity index (χ2v) is 5.12. The minimum absolute atomic E-state index is 0.782.